The Morgan fingerprint density at radius 1 is 1.03 bits per heavy atom. The number of primary sulfonamides is 1. The van der Waals surface area contributed by atoms with E-state index in [-0.39, 0.29) is 16.7 Å². The quantitative estimate of drug-likeness (QED) is 0.408. The van der Waals surface area contributed by atoms with Crippen LogP contribution in [0.3, 0.4) is 0 Å². The number of nitrogens with two attached hydrogens (primary N) is 1. The molecule has 0 aliphatic rings. The highest BCUT2D eigenvalue weighted by Crippen LogP contribution is 2.25. The molecule has 3 N–H and O–H groups in total. The molecule has 0 fully saturated rings. The number of hydrogen-bond acceptors (Lipinski definition) is 5. The highest BCUT2D eigenvalue weighted by Gasteiger charge is 2.12. The molecule has 0 spiro atoms. The number of aromatic nitrogens is 2. The van der Waals surface area contributed by atoms with Crippen LogP contribution < -0.4 is 10.5 Å². The Bertz CT molecular complexity index is 1360. The Kier molecular flexibility index (Phi) is 6.31. The second kappa shape index (κ2) is 9.31. The Labute approximate surface area is 189 Å². The number of thiophene rings is 1. The van der Waals surface area contributed by atoms with Crippen LogP contribution in [0.25, 0.3) is 23.0 Å². The second-order valence-corrected chi connectivity index (χ2v) is 9.85. The van der Waals surface area contributed by atoms with Crippen molar-refractivity contribution in [2.45, 2.75) is 10.8 Å². The summed E-state index contributed by atoms with van der Waals surface area (Å²) in [6, 6.07) is 22.5. The van der Waals surface area contributed by atoms with Crippen molar-refractivity contribution >= 4 is 33.3 Å². The molecule has 2 aromatic heterocycles. The molecule has 0 aliphatic heterocycles. The number of carbonyl (C=O) groups is 1. The lowest BCUT2D eigenvalue weighted by molar-refractivity contribution is -0.116. The number of para-hydroxylation sites is 1. The van der Waals surface area contributed by atoms with Gasteiger partial charge in [-0.25, -0.2) is 18.2 Å². The molecule has 2 aromatic carbocycles. The van der Waals surface area contributed by atoms with Crippen molar-refractivity contribution < 1.29 is 13.2 Å². The minimum Gasteiger partial charge on any atom is -0.348 e. The molecule has 9 heteroatoms. The van der Waals surface area contributed by atoms with E-state index < -0.39 is 10.0 Å². The first-order valence-corrected chi connectivity index (χ1v) is 12.0. The van der Waals surface area contributed by atoms with Crippen LogP contribution in [0.5, 0.6) is 0 Å². The summed E-state index contributed by atoms with van der Waals surface area (Å²) in [7, 11) is -3.74. The molecular weight excluding hydrogens is 444 g/mol. The van der Waals surface area contributed by atoms with Crippen LogP contribution >= 0.6 is 11.3 Å². The number of carbonyl (C=O) groups excluding carboxylic acids is 1. The van der Waals surface area contributed by atoms with Crippen LogP contribution in [0, 0.1) is 0 Å². The number of nitrogens with one attached hydrogen (secondary N) is 1. The third-order valence-electron chi connectivity index (χ3n) is 4.58. The van der Waals surface area contributed by atoms with Gasteiger partial charge < -0.3 is 5.32 Å². The molecule has 1 amide bonds. The Morgan fingerprint density at radius 3 is 2.38 bits per heavy atom. The monoisotopic (exact) mass is 464 g/mol. The van der Waals surface area contributed by atoms with Crippen molar-refractivity contribution in [3.63, 3.8) is 0 Å². The maximum atomic E-state index is 12.4. The van der Waals surface area contributed by atoms with Gasteiger partial charge in [0.15, 0.2) is 0 Å². The third-order valence-corrected chi connectivity index (χ3v) is 7.10. The van der Waals surface area contributed by atoms with Gasteiger partial charge in [-0.05, 0) is 30.3 Å². The molecule has 162 valence electrons. The molecule has 32 heavy (non-hydrogen) atoms. The van der Waals surface area contributed by atoms with Gasteiger partial charge in [0.2, 0.25) is 15.9 Å². The lowest BCUT2D eigenvalue weighted by Gasteiger charge is -2.00. The molecule has 0 bridgehead atoms. The van der Waals surface area contributed by atoms with Crippen molar-refractivity contribution in [3.05, 3.63) is 95.5 Å². The standard InChI is InChI=1S/C23H20N4O3S2/c24-32(29,30)22-14-12-20(31-22)15-25-21(28)13-11-18-16-27(19-9-5-2-6-10-19)26-23(18)17-7-3-1-4-8-17/h1-14,16H,15H2,(H,25,28)(H2,24,29,30)/b13-11+. The van der Waals surface area contributed by atoms with E-state index in [2.05, 4.69) is 5.32 Å². The molecule has 0 aliphatic carbocycles. The molecule has 7 nitrogen and oxygen atoms in total. The number of nitrogens with zero attached hydrogens (tertiary/aromatic N) is 2. The van der Waals surface area contributed by atoms with Gasteiger partial charge in [0.25, 0.3) is 0 Å². The minimum absolute atomic E-state index is 0.0677. The summed E-state index contributed by atoms with van der Waals surface area (Å²) in [4.78, 5) is 13.0. The largest absolute Gasteiger partial charge is 0.348 e. The first-order valence-electron chi connectivity index (χ1n) is 9.68. The van der Waals surface area contributed by atoms with Crippen molar-refractivity contribution in [2.75, 3.05) is 0 Å². The van der Waals surface area contributed by atoms with Gasteiger partial charge in [-0.2, -0.15) is 5.10 Å². The van der Waals surface area contributed by atoms with Gasteiger partial charge in [0, 0.05) is 28.3 Å². The maximum Gasteiger partial charge on any atom is 0.247 e. The summed E-state index contributed by atoms with van der Waals surface area (Å²) in [6.07, 6.45) is 5.03. The van der Waals surface area contributed by atoms with Crippen LogP contribution in [0.2, 0.25) is 0 Å². The zero-order chi connectivity index (χ0) is 22.6. The fraction of sp³-hybridized carbons (Fsp3) is 0.0435. The summed E-state index contributed by atoms with van der Waals surface area (Å²) in [5, 5.41) is 12.6. The van der Waals surface area contributed by atoms with E-state index in [1.807, 2.05) is 66.9 Å². The van der Waals surface area contributed by atoms with Gasteiger partial charge in [0.05, 0.1) is 17.9 Å². The second-order valence-electron chi connectivity index (χ2n) is 6.90. The van der Waals surface area contributed by atoms with Gasteiger partial charge in [0.1, 0.15) is 4.21 Å². The number of amides is 1. The predicted octanol–water partition coefficient (Wildman–Crippen LogP) is 3.58. The molecule has 2 heterocycles. The average Bonchev–Trinajstić information content (AvgIpc) is 3.45. The van der Waals surface area contributed by atoms with E-state index in [1.165, 1.54) is 12.1 Å². The fourth-order valence-electron chi connectivity index (χ4n) is 3.05. The van der Waals surface area contributed by atoms with Crippen molar-refractivity contribution in [2.24, 2.45) is 5.14 Å². The number of hydrogen-bond donors (Lipinski definition) is 2. The van der Waals surface area contributed by atoms with E-state index in [4.69, 9.17) is 10.2 Å². The smallest absolute Gasteiger partial charge is 0.247 e. The summed E-state index contributed by atoms with van der Waals surface area (Å²) < 4.78 is 24.6. The van der Waals surface area contributed by atoms with E-state index >= 15 is 0 Å². The van der Waals surface area contributed by atoms with E-state index in [0.29, 0.717) is 4.88 Å². The SMILES string of the molecule is NS(=O)(=O)c1ccc(CNC(=O)/C=C/c2cn(-c3ccccc3)nc2-c2ccccc2)s1. The van der Waals surface area contributed by atoms with Crippen molar-refractivity contribution in [1.29, 1.82) is 0 Å². The van der Waals surface area contributed by atoms with Gasteiger partial charge >= 0.3 is 0 Å². The predicted molar refractivity (Wildman–Crippen MR) is 126 cm³/mol. The molecular formula is C23H20N4O3S2. The summed E-state index contributed by atoms with van der Waals surface area (Å²) in [6.45, 7) is 0.207. The van der Waals surface area contributed by atoms with Gasteiger partial charge in [-0.15, -0.1) is 11.3 Å². The molecule has 0 saturated heterocycles. The molecule has 0 saturated carbocycles. The van der Waals surface area contributed by atoms with Crippen molar-refractivity contribution in [3.8, 4) is 16.9 Å². The lowest BCUT2D eigenvalue weighted by Crippen LogP contribution is -2.19. The van der Waals surface area contributed by atoms with Crippen LogP contribution in [-0.2, 0) is 21.4 Å². The van der Waals surface area contributed by atoms with Gasteiger partial charge in [-0.1, -0.05) is 48.5 Å². The third kappa shape index (κ3) is 5.20. The summed E-state index contributed by atoms with van der Waals surface area (Å²) in [5.41, 5.74) is 3.41. The zero-order valence-electron chi connectivity index (χ0n) is 16.9. The average molecular weight is 465 g/mol. The minimum atomic E-state index is -3.74. The molecule has 4 aromatic rings. The Balaban J connectivity index is 1.53. The Morgan fingerprint density at radius 2 is 1.72 bits per heavy atom. The first kappa shape index (κ1) is 21.7. The van der Waals surface area contributed by atoms with Crippen molar-refractivity contribution in [1.82, 2.24) is 15.1 Å². The number of sulfonamides is 1. The number of benzene rings is 2. The fourth-order valence-corrected chi connectivity index (χ4v) is 4.77. The van der Waals surface area contributed by atoms with Crippen LogP contribution in [0.15, 0.2) is 89.3 Å². The highest BCUT2D eigenvalue weighted by molar-refractivity contribution is 7.91. The normalized spacial score (nSPS) is 11.7. The zero-order valence-corrected chi connectivity index (χ0v) is 18.5. The molecule has 0 unspecified atom stereocenters. The molecule has 0 radical (unpaired) electrons. The molecule has 4 rings (SSSR count). The topological polar surface area (TPSA) is 107 Å². The maximum absolute atomic E-state index is 12.4. The van der Waals surface area contributed by atoms with E-state index in [1.54, 1.807) is 16.8 Å². The molecule has 0 atom stereocenters. The van der Waals surface area contributed by atoms with Crippen LogP contribution in [0.4, 0.5) is 0 Å². The first-order chi connectivity index (χ1) is 15.4. The summed E-state index contributed by atoms with van der Waals surface area (Å²) >= 11 is 1.03. The van der Waals surface area contributed by atoms with Crippen LogP contribution in [0.1, 0.15) is 10.4 Å². The van der Waals surface area contributed by atoms with E-state index in [0.717, 1.165) is 33.8 Å². The summed E-state index contributed by atoms with van der Waals surface area (Å²) in [5.74, 6) is -0.304. The van der Waals surface area contributed by atoms with Gasteiger partial charge in [-0.3, -0.25) is 4.79 Å². The van der Waals surface area contributed by atoms with Crippen LogP contribution in [-0.4, -0.2) is 24.1 Å². The number of rotatable bonds is 7. The Hall–Kier alpha value is -3.53. The highest BCUT2D eigenvalue weighted by atomic mass is 32.2. The van der Waals surface area contributed by atoms with E-state index in [9.17, 15) is 13.2 Å². The lowest BCUT2D eigenvalue weighted by atomic mass is 10.1.